The summed E-state index contributed by atoms with van der Waals surface area (Å²) in [5.74, 6) is -1.40. The van der Waals surface area contributed by atoms with Crippen molar-refractivity contribution < 1.29 is 28.5 Å². The topological polar surface area (TPSA) is 217 Å². The largest absolute Gasteiger partial charge is 0.458 e. The van der Waals surface area contributed by atoms with Gasteiger partial charge in [0.1, 0.15) is 12.2 Å². The van der Waals surface area contributed by atoms with Gasteiger partial charge in [0.05, 0.1) is 24.2 Å². The predicted octanol–water partition coefficient (Wildman–Crippen LogP) is 3.98. The minimum absolute atomic E-state index is 0.00186. The Morgan fingerprint density at radius 1 is 0.853 bits per heavy atom. The summed E-state index contributed by atoms with van der Waals surface area (Å²) in [5.41, 5.74) is 27.2. The van der Waals surface area contributed by atoms with E-state index in [4.69, 9.17) is 35.5 Å². The van der Waals surface area contributed by atoms with Crippen molar-refractivity contribution in [1.82, 2.24) is 0 Å². The van der Waals surface area contributed by atoms with Crippen molar-refractivity contribution in [1.29, 1.82) is 0 Å². The molecule has 1 saturated heterocycles. The molecule has 3 fully saturated rings. The van der Waals surface area contributed by atoms with Crippen LogP contribution in [0.15, 0.2) is 15.3 Å². The van der Waals surface area contributed by atoms with E-state index in [9.17, 15) is 9.59 Å². The van der Waals surface area contributed by atoms with E-state index < -0.39 is 54.7 Å². The van der Waals surface area contributed by atoms with Crippen LogP contribution in [0.25, 0.3) is 31.3 Å². The molecule has 0 bridgehead atoms. The first-order valence-electron chi connectivity index (χ1n) is 11.0. The zero-order chi connectivity index (χ0) is 24.9. The Morgan fingerprint density at radius 3 is 1.91 bits per heavy atom. The van der Waals surface area contributed by atoms with Gasteiger partial charge in [-0.2, -0.15) is 0 Å². The molecular formula is C19H27N9O6. The lowest BCUT2D eigenvalue weighted by Gasteiger charge is -2.45. The lowest BCUT2D eigenvalue weighted by Crippen LogP contribution is -2.60. The molecule has 0 amide bonds. The second-order valence-electron chi connectivity index (χ2n) is 9.03. The normalized spacial score (nSPS) is 36.0. The second kappa shape index (κ2) is 10.8. The molecule has 1 aliphatic heterocycles. The molecule has 0 spiro atoms. The van der Waals surface area contributed by atoms with Gasteiger partial charge in [0.15, 0.2) is 12.4 Å². The number of nitrogens with zero attached hydrogens (tertiary/aromatic N) is 9. The quantitative estimate of drug-likeness (QED) is 0.217. The molecule has 34 heavy (non-hydrogen) atoms. The van der Waals surface area contributed by atoms with Gasteiger partial charge in [0.25, 0.3) is 0 Å². The van der Waals surface area contributed by atoms with Crippen LogP contribution in [0.1, 0.15) is 52.9 Å². The third-order valence-corrected chi connectivity index (χ3v) is 6.54. The summed E-state index contributed by atoms with van der Waals surface area (Å²) in [6.45, 7) is 4.43. The molecule has 8 atom stereocenters. The Labute approximate surface area is 194 Å². The molecule has 0 aromatic heterocycles. The first-order chi connectivity index (χ1) is 16.2. The minimum atomic E-state index is -1.27. The van der Waals surface area contributed by atoms with E-state index in [1.807, 2.05) is 0 Å². The second-order valence-corrected chi connectivity index (χ2v) is 9.03. The maximum atomic E-state index is 11.9. The van der Waals surface area contributed by atoms with Crippen LogP contribution in [0, 0.1) is 5.41 Å². The average Bonchev–Trinajstić information content (AvgIpc) is 3.52. The number of ether oxygens (including phenoxy) is 4. The lowest BCUT2D eigenvalue weighted by atomic mass is 9.84. The molecule has 3 rings (SSSR count). The van der Waals surface area contributed by atoms with Crippen LogP contribution in [0.5, 0.6) is 0 Å². The molecule has 0 radical (unpaired) electrons. The van der Waals surface area contributed by atoms with Crippen LogP contribution in [0.3, 0.4) is 0 Å². The van der Waals surface area contributed by atoms with E-state index >= 15 is 0 Å². The van der Waals surface area contributed by atoms with Gasteiger partial charge in [-0.15, -0.1) is 0 Å². The van der Waals surface area contributed by atoms with Crippen LogP contribution < -0.4 is 0 Å². The fourth-order valence-electron chi connectivity index (χ4n) is 4.60. The SMILES string of the molecule is CC(=O)O[C@@H]1[C@@H](OC(C)=O)[C@H](N=[N+]=[N-])C[C@H](N=[N+]=[N-])[C@H]1O[C@H]1O[C@H](C2(C)CC2)CC[C@H]1N=[N+]=[N-]. The zero-order valence-corrected chi connectivity index (χ0v) is 19.1. The molecule has 3 aliphatic rings. The first kappa shape index (κ1) is 25.4. The van der Waals surface area contributed by atoms with E-state index in [0.29, 0.717) is 12.8 Å². The van der Waals surface area contributed by atoms with Gasteiger partial charge in [-0.3, -0.25) is 9.59 Å². The van der Waals surface area contributed by atoms with Crippen LogP contribution in [0.2, 0.25) is 0 Å². The van der Waals surface area contributed by atoms with Gasteiger partial charge in [-0.25, -0.2) is 0 Å². The van der Waals surface area contributed by atoms with E-state index in [2.05, 4.69) is 37.0 Å². The number of azide groups is 3. The molecule has 15 heteroatoms. The molecule has 0 aromatic carbocycles. The maximum absolute atomic E-state index is 11.9. The van der Waals surface area contributed by atoms with Gasteiger partial charge >= 0.3 is 11.9 Å². The molecular weight excluding hydrogens is 450 g/mol. The molecule has 0 N–H and O–H groups in total. The first-order valence-corrected chi connectivity index (χ1v) is 11.0. The van der Waals surface area contributed by atoms with Crippen molar-refractivity contribution in [2.45, 2.75) is 102 Å². The molecule has 184 valence electrons. The predicted molar refractivity (Wildman–Crippen MR) is 115 cm³/mol. The van der Waals surface area contributed by atoms with Crippen molar-refractivity contribution in [3.8, 4) is 0 Å². The van der Waals surface area contributed by atoms with Crippen molar-refractivity contribution in [3.05, 3.63) is 31.3 Å². The summed E-state index contributed by atoms with van der Waals surface area (Å²) in [6, 6.07) is -2.61. The third-order valence-electron chi connectivity index (χ3n) is 6.54. The Morgan fingerprint density at radius 2 is 1.38 bits per heavy atom. The highest BCUT2D eigenvalue weighted by atomic mass is 16.7. The highest BCUT2D eigenvalue weighted by Crippen LogP contribution is 2.52. The molecule has 1 heterocycles. The third kappa shape index (κ3) is 5.82. The van der Waals surface area contributed by atoms with Crippen molar-refractivity contribution in [3.63, 3.8) is 0 Å². The van der Waals surface area contributed by atoms with Gasteiger partial charge in [-0.05, 0) is 54.1 Å². The maximum Gasteiger partial charge on any atom is 0.303 e. The van der Waals surface area contributed by atoms with E-state index in [0.717, 1.165) is 26.7 Å². The van der Waals surface area contributed by atoms with Crippen LogP contribution in [0.4, 0.5) is 0 Å². The number of carbonyl (C=O) groups excluding carboxylic acids is 2. The highest BCUT2D eigenvalue weighted by molar-refractivity contribution is 5.67. The monoisotopic (exact) mass is 477 g/mol. The van der Waals surface area contributed by atoms with E-state index in [-0.39, 0.29) is 17.9 Å². The van der Waals surface area contributed by atoms with E-state index in [1.54, 1.807) is 0 Å². The number of hydrogen-bond acceptors (Lipinski definition) is 9. The molecule has 0 aromatic rings. The average molecular weight is 477 g/mol. The van der Waals surface area contributed by atoms with Crippen LogP contribution >= 0.6 is 0 Å². The Hall–Kier alpha value is -3.21. The molecule has 0 unspecified atom stereocenters. The summed E-state index contributed by atoms with van der Waals surface area (Å²) in [5, 5.41) is 11.2. The minimum Gasteiger partial charge on any atom is -0.458 e. The van der Waals surface area contributed by atoms with Crippen molar-refractivity contribution in [2.24, 2.45) is 20.8 Å². The van der Waals surface area contributed by atoms with Gasteiger partial charge in [0.2, 0.25) is 0 Å². The van der Waals surface area contributed by atoms with Crippen LogP contribution in [-0.2, 0) is 28.5 Å². The van der Waals surface area contributed by atoms with Gasteiger partial charge < -0.3 is 18.9 Å². The number of hydrogen-bond donors (Lipinski definition) is 0. The number of rotatable bonds is 8. The lowest BCUT2D eigenvalue weighted by molar-refractivity contribution is -0.265. The van der Waals surface area contributed by atoms with Crippen molar-refractivity contribution in [2.75, 3.05) is 0 Å². The Kier molecular flexibility index (Phi) is 8.08. The summed E-state index contributed by atoms with van der Waals surface area (Å²) >= 11 is 0. The fraction of sp³-hybridized carbons (Fsp3) is 0.895. The van der Waals surface area contributed by atoms with Gasteiger partial charge in [0, 0.05) is 28.6 Å². The summed E-state index contributed by atoms with van der Waals surface area (Å²) in [6.07, 6.45) is -1.56. The Balaban J connectivity index is 1.97. The van der Waals surface area contributed by atoms with E-state index in [1.165, 1.54) is 0 Å². The smallest absolute Gasteiger partial charge is 0.303 e. The fourth-order valence-corrected chi connectivity index (χ4v) is 4.60. The highest BCUT2D eigenvalue weighted by Gasteiger charge is 2.53. The molecule has 15 nitrogen and oxygen atoms in total. The number of carbonyl (C=O) groups is 2. The summed E-state index contributed by atoms with van der Waals surface area (Å²) in [7, 11) is 0. The van der Waals surface area contributed by atoms with Crippen molar-refractivity contribution >= 4 is 11.9 Å². The standard InChI is InChI=1S/C19H27N9O6/c1-9(29)31-15-12(24-27-21)8-13(25-28-22)16(17(15)32-10(2)30)34-18-11(23-26-20)4-5-14(33-18)19(3)6-7-19/h11-18H,4-8H2,1-3H3/t11-,12-,13+,14+,15+,16-,17-,18-/m1/s1. The molecule has 2 saturated carbocycles. The zero-order valence-electron chi connectivity index (χ0n) is 19.1. The summed E-state index contributed by atoms with van der Waals surface area (Å²) in [4.78, 5) is 32.3. The Bertz CT molecular complexity index is 939. The number of esters is 2. The molecule has 2 aliphatic carbocycles. The summed E-state index contributed by atoms with van der Waals surface area (Å²) < 4.78 is 23.2. The van der Waals surface area contributed by atoms with Gasteiger partial charge in [-0.1, -0.05) is 22.3 Å². The van der Waals surface area contributed by atoms with Crippen LogP contribution in [-0.4, -0.2) is 60.8 Å².